The molecule has 2 atom stereocenters. The first-order valence-corrected chi connectivity index (χ1v) is 5.43. The first-order valence-electron chi connectivity index (χ1n) is 5.43. The van der Waals surface area contributed by atoms with Crippen LogP contribution in [-0.4, -0.2) is 28.4 Å². The number of carboxylic acid groups (broad SMARTS) is 1. The van der Waals surface area contributed by atoms with E-state index in [2.05, 4.69) is 0 Å². The summed E-state index contributed by atoms with van der Waals surface area (Å²) in [6.07, 6.45) is 1.12. The second kappa shape index (κ2) is 6.30. The van der Waals surface area contributed by atoms with E-state index in [-0.39, 0.29) is 6.10 Å². The minimum Gasteiger partial charge on any atom is -0.505 e. The minimum atomic E-state index is -1.20. The second-order valence-electron chi connectivity index (χ2n) is 3.92. The lowest BCUT2D eigenvalue weighted by Crippen LogP contribution is -2.19. The summed E-state index contributed by atoms with van der Waals surface area (Å²) < 4.78 is 29.2. The van der Waals surface area contributed by atoms with E-state index in [9.17, 15) is 13.6 Å². The average Bonchev–Trinajstić information content (AvgIpc) is 2.74. The van der Waals surface area contributed by atoms with Gasteiger partial charge in [0.2, 0.25) is 0 Å². The van der Waals surface area contributed by atoms with Gasteiger partial charge in [0.05, 0.1) is 6.10 Å². The van der Waals surface area contributed by atoms with E-state index in [4.69, 9.17) is 14.9 Å². The second-order valence-corrected chi connectivity index (χ2v) is 3.92. The van der Waals surface area contributed by atoms with Crippen molar-refractivity contribution in [1.29, 1.82) is 0 Å². The molecule has 0 aliphatic carbocycles. The molecule has 2 N–H and O–H groups in total. The molecule has 100 valence electrons. The number of aliphatic carboxylic acids is 1. The molecular formula is C12H14F2O4. The van der Waals surface area contributed by atoms with Crippen molar-refractivity contribution in [2.45, 2.75) is 32.0 Å². The monoisotopic (exact) mass is 260 g/mol. The van der Waals surface area contributed by atoms with E-state index in [0.29, 0.717) is 6.42 Å². The minimum absolute atomic E-state index is 0.131. The zero-order valence-electron chi connectivity index (χ0n) is 9.77. The number of phenolic OH excluding ortho intramolecular Hbond substituents is 1. The van der Waals surface area contributed by atoms with Gasteiger partial charge in [-0.1, -0.05) is 6.07 Å². The highest BCUT2D eigenvalue weighted by atomic mass is 19.2. The largest absolute Gasteiger partial charge is 0.505 e. The maximum absolute atomic E-state index is 12.1. The number of halogens is 2. The number of ether oxygens (including phenoxy) is 1. The Hall–Kier alpha value is -1.69. The molecule has 6 heteroatoms. The third-order valence-corrected chi connectivity index (χ3v) is 2.44. The molecule has 1 heterocycles. The van der Waals surface area contributed by atoms with Gasteiger partial charge in [0.25, 0.3) is 0 Å². The topological polar surface area (TPSA) is 66.8 Å². The van der Waals surface area contributed by atoms with Gasteiger partial charge in [-0.25, -0.2) is 9.18 Å². The van der Waals surface area contributed by atoms with Gasteiger partial charge in [-0.3, -0.25) is 0 Å². The van der Waals surface area contributed by atoms with Gasteiger partial charge < -0.3 is 14.9 Å². The van der Waals surface area contributed by atoms with Crippen LogP contribution in [0.1, 0.15) is 19.8 Å². The number of phenols is 1. The fourth-order valence-corrected chi connectivity index (χ4v) is 1.48. The van der Waals surface area contributed by atoms with Crippen LogP contribution in [0.3, 0.4) is 0 Å². The number of aromatic hydroxyl groups is 1. The van der Waals surface area contributed by atoms with Crippen LogP contribution in [0.2, 0.25) is 0 Å². The van der Waals surface area contributed by atoms with Crippen molar-refractivity contribution in [3.8, 4) is 5.75 Å². The molecule has 18 heavy (non-hydrogen) atoms. The van der Waals surface area contributed by atoms with Gasteiger partial charge in [-0.05, 0) is 31.9 Å². The van der Waals surface area contributed by atoms with Gasteiger partial charge in [-0.2, -0.15) is 4.39 Å². The Kier molecular flexibility index (Phi) is 5.03. The standard InChI is InChI=1S/C6H4F2O.C6H10O3/c7-4-2-1-3-5(9)6(4)8;1-4-2-3-5(9-4)6(7)8/h1-3,9H;4-5H,2-3H2,1H3,(H,7,8)/t;4?,5-/m.1/s1. The maximum atomic E-state index is 12.1. The summed E-state index contributed by atoms with van der Waals surface area (Å²) in [5.74, 6) is -3.72. The van der Waals surface area contributed by atoms with Crippen molar-refractivity contribution in [1.82, 2.24) is 0 Å². The Labute approximate surface area is 103 Å². The first kappa shape index (κ1) is 14.4. The highest BCUT2D eigenvalue weighted by Gasteiger charge is 2.27. The zero-order valence-corrected chi connectivity index (χ0v) is 9.77. The van der Waals surface area contributed by atoms with Crippen LogP contribution in [0.4, 0.5) is 8.78 Å². The third-order valence-electron chi connectivity index (χ3n) is 2.44. The van der Waals surface area contributed by atoms with Gasteiger partial charge in [0, 0.05) is 0 Å². The van der Waals surface area contributed by atoms with Crippen molar-refractivity contribution < 1.29 is 28.5 Å². The summed E-state index contributed by atoms with van der Waals surface area (Å²) in [5.41, 5.74) is 0. The van der Waals surface area contributed by atoms with Crippen molar-refractivity contribution in [2.75, 3.05) is 0 Å². The summed E-state index contributed by atoms with van der Waals surface area (Å²) in [6.45, 7) is 1.89. The summed E-state index contributed by atoms with van der Waals surface area (Å²) in [5, 5.41) is 16.9. The van der Waals surface area contributed by atoms with Gasteiger partial charge >= 0.3 is 5.97 Å². The number of hydrogen-bond acceptors (Lipinski definition) is 3. The number of hydrogen-bond donors (Lipinski definition) is 2. The molecule has 0 spiro atoms. The van der Waals surface area contributed by atoms with Crippen molar-refractivity contribution >= 4 is 5.97 Å². The smallest absolute Gasteiger partial charge is 0.332 e. The molecule has 0 amide bonds. The molecule has 0 saturated carbocycles. The molecule has 1 fully saturated rings. The normalized spacial score (nSPS) is 22.2. The maximum Gasteiger partial charge on any atom is 0.332 e. The fourth-order valence-electron chi connectivity index (χ4n) is 1.48. The molecule has 0 radical (unpaired) electrons. The Morgan fingerprint density at radius 2 is 2.06 bits per heavy atom. The van der Waals surface area contributed by atoms with Crippen LogP contribution >= 0.6 is 0 Å². The molecular weight excluding hydrogens is 246 g/mol. The van der Waals surface area contributed by atoms with E-state index in [1.54, 1.807) is 0 Å². The summed E-state index contributed by atoms with van der Waals surface area (Å²) in [6, 6.07) is 3.25. The van der Waals surface area contributed by atoms with Crippen LogP contribution in [0.15, 0.2) is 18.2 Å². The number of benzene rings is 1. The predicted molar refractivity (Wildman–Crippen MR) is 59.2 cm³/mol. The molecule has 2 rings (SSSR count). The molecule has 4 nitrogen and oxygen atoms in total. The van der Waals surface area contributed by atoms with Crippen LogP contribution in [0.5, 0.6) is 5.75 Å². The molecule has 1 aliphatic rings. The highest BCUT2D eigenvalue weighted by molar-refractivity contribution is 5.72. The fraction of sp³-hybridized carbons (Fsp3) is 0.417. The lowest BCUT2D eigenvalue weighted by atomic mass is 10.2. The van der Waals surface area contributed by atoms with Crippen molar-refractivity contribution in [3.05, 3.63) is 29.8 Å². The van der Waals surface area contributed by atoms with Gasteiger partial charge in [-0.15, -0.1) is 0 Å². The van der Waals surface area contributed by atoms with E-state index in [0.717, 1.165) is 18.6 Å². The van der Waals surface area contributed by atoms with Crippen LogP contribution in [-0.2, 0) is 9.53 Å². The zero-order chi connectivity index (χ0) is 13.7. The highest BCUT2D eigenvalue weighted by Crippen LogP contribution is 2.18. The third kappa shape index (κ3) is 3.96. The molecule has 1 aliphatic heterocycles. The van der Waals surface area contributed by atoms with E-state index >= 15 is 0 Å². The Balaban J connectivity index is 0.000000180. The molecule has 0 aromatic heterocycles. The van der Waals surface area contributed by atoms with E-state index < -0.39 is 29.5 Å². The van der Waals surface area contributed by atoms with Crippen molar-refractivity contribution in [2.24, 2.45) is 0 Å². The lowest BCUT2D eigenvalue weighted by Gasteiger charge is -2.03. The predicted octanol–water partition coefficient (Wildman–Crippen LogP) is 2.31. The SMILES string of the molecule is CC1CC[C@H](C(=O)O)O1.Oc1cccc(F)c1F. The number of rotatable bonds is 1. The Morgan fingerprint density at radius 1 is 1.39 bits per heavy atom. The van der Waals surface area contributed by atoms with Crippen LogP contribution < -0.4 is 0 Å². The molecule has 1 aromatic rings. The van der Waals surface area contributed by atoms with E-state index in [1.807, 2.05) is 6.92 Å². The lowest BCUT2D eigenvalue weighted by molar-refractivity contribution is -0.149. The molecule has 1 saturated heterocycles. The van der Waals surface area contributed by atoms with Gasteiger partial charge in [0.1, 0.15) is 0 Å². The average molecular weight is 260 g/mol. The molecule has 1 unspecified atom stereocenters. The summed E-state index contributed by atoms with van der Waals surface area (Å²) in [7, 11) is 0. The molecule has 0 bridgehead atoms. The Morgan fingerprint density at radius 3 is 2.39 bits per heavy atom. The quantitative estimate of drug-likeness (QED) is 0.813. The Bertz CT molecular complexity index is 402. The summed E-state index contributed by atoms with van der Waals surface area (Å²) >= 11 is 0. The first-order chi connectivity index (χ1) is 8.41. The molecule has 1 aromatic carbocycles. The summed E-state index contributed by atoms with van der Waals surface area (Å²) in [4.78, 5) is 10.2. The van der Waals surface area contributed by atoms with Crippen LogP contribution in [0.25, 0.3) is 0 Å². The van der Waals surface area contributed by atoms with Gasteiger partial charge in [0.15, 0.2) is 23.5 Å². The van der Waals surface area contributed by atoms with Crippen molar-refractivity contribution in [3.63, 3.8) is 0 Å². The van der Waals surface area contributed by atoms with Crippen LogP contribution in [0, 0.1) is 11.6 Å². The number of carbonyl (C=O) groups is 1. The van der Waals surface area contributed by atoms with E-state index in [1.165, 1.54) is 6.07 Å². The number of carboxylic acids is 1.